The van der Waals surface area contributed by atoms with E-state index in [1.54, 1.807) is 66.2 Å². The minimum Gasteiger partial charge on any atom is -0.307 e. The van der Waals surface area contributed by atoms with Gasteiger partial charge < -0.3 is 4.98 Å². The molecular formula is C19H14N4O3S. The zero-order chi connectivity index (χ0) is 18.8. The Morgan fingerprint density at radius 1 is 1.07 bits per heavy atom. The summed E-state index contributed by atoms with van der Waals surface area (Å²) in [4.78, 5) is 45.4. The molecule has 0 saturated heterocycles. The Morgan fingerprint density at radius 2 is 1.81 bits per heavy atom. The summed E-state index contributed by atoms with van der Waals surface area (Å²) in [5.74, 6) is -0.515. The van der Waals surface area contributed by atoms with Gasteiger partial charge in [-0.1, -0.05) is 42.5 Å². The Hall–Kier alpha value is -3.52. The third kappa shape index (κ3) is 3.18. The van der Waals surface area contributed by atoms with Crippen LogP contribution in [0, 0.1) is 0 Å². The maximum absolute atomic E-state index is 13.0. The third-order valence-electron chi connectivity index (χ3n) is 4.12. The highest BCUT2D eigenvalue weighted by Crippen LogP contribution is 2.20. The first kappa shape index (κ1) is 16.9. The highest BCUT2D eigenvalue weighted by atomic mass is 32.1. The van der Waals surface area contributed by atoms with Crippen LogP contribution in [-0.4, -0.2) is 20.4 Å². The van der Waals surface area contributed by atoms with Crippen LogP contribution < -0.4 is 16.6 Å². The lowest BCUT2D eigenvalue weighted by molar-refractivity contribution is -0.118. The van der Waals surface area contributed by atoms with Crippen molar-refractivity contribution in [1.29, 1.82) is 0 Å². The number of hydrogen-bond acceptors (Lipinski definition) is 5. The number of carbonyl (C=O) groups is 1. The molecule has 0 aliphatic carbocycles. The van der Waals surface area contributed by atoms with Gasteiger partial charge in [0.1, 0.15) is 6.04 Å². The molecular weight excluding hydrogens is 364 g/mol. The molecule has 134 valence electrons. The molecule has 0 radical (unpaired) electrons. The Bertz CT molecular complexity index is 1210. The van der Waals surface area contributed by atoms with Gasteiger partial charge >= 0.3 is 5.69 Å². The number of rotatable bonds is 4. The lowest BCUT2D eigenvalue weighted by atomic mass is 10.1. The predicted molar refractivity (Wildman–Crippen MR) is 104 cm³/mol. The first-order valence-electron chi connectivity index (χ1n) is 8.14. The first-order valence-corrected chi connectivity index (χ1v) is 9.02. The number of fused-ring (bicyclic) bond motifs is 1. The summed E-state index contributed by atoms with van der Waals surface area (Å²) in [7, 11) is 0. The summed E-state index contributed by atoms with van der Waals surface area (Å²) in [6.45, 7) is 0. The van der Waals surface area contributed by atoms with Gasteiger partial charge in [0.15, 0.2) is 5.13 Å². The van der Waals surface area contributed by atoms with Crippen molar-refractivity contribution in [2.45, 2.75) is 6.04 Å². The monoisotopic (exact) mass is 378 g/mol. The summed E-state index contributed by atoms with van der Waals surface area (Å²) in [6, 6.07) is 14.3. The number of nitrogens with zero attached hydrogens (tertiary/aromatic N) is 2. The van der Waals surface area contributed by atoms with Gasteiger partial charge in [0.25, 0.3) is 11.5 Å². The molecule has 0 bridgehead atoms. The van der Waals surface area contributed by atoms with Gasteiger partial charge in [0.05, 0.1) is 10.9 Å². The highest BCUT2D eigenvalue weighted by Gasteiger charge is 2.27. The van der Waals surface area contributed by atoms with Crippen LogP contribution in [0.5, 0.6) is 0 Å². The van der Waals surface area contributed by atoms with E-state index in [9.17, 15) is 14.4 Å². The number of hydrogen-bond donors (Lipinski definition) is 2. The van der Waals surface area contributed by atoms with E-state index in [4.69, 9.17) is 0 Å². The fourth-order valence-corrected chi connectivity index (χ4v) is 3.45. The molecule has 2 aromatic heterocycles. The first-order chi connectivity index (χ1) is 13.1. The Balaban J connectivity index is 1.92. The van der Waals surface area contributed by atoms with E-state index in [0.717, 1.165) is 4.57 Å². The average molecular weight is 378 g/mol. The Morgan fingerprint density at radius 3 is 2.56 bits per heavy atom. The summed E-state index contributed by atoms with van der Waals surface area (Å²) in [6.07, 6.45) is 1.56. The third-order valence-corrected chi connectivity index (χ3v) is 4.81. The number of carbonyl (C=O) groups excluding carboxylic acids is 1. The molecule has 4 aromatic rings. The molecule has 0 aliphatic heterocycles. The van der Waals surface area contributed by atoms with E-state index >= 15 is 0 Å². The minimum atomic E-state index is -1.13. The summed E-state index contributed by atoms with van der Waals surface area (Å²) < 4.78 is 0.945. The SMILES string of the molecule is O=C(Nc1nccs1)C(c1ccccc1)n1c(=O)[nH]c2ccccc2c1=O. The summed E-state index contributed by atoms with van der Waals surface area (Å²) >= 11 is 1.25. The van der Waals surface area contributed by atoms with Gasteiger partial charge in [-0.15, -0.1) is 11.3 Å². The van der Waals surface area contributed by atoms with Crippen LogP contribution in [0.3, 0.4) is 0 Å². The standard InChI is InChI=1S/C19H14N4O3S/c24-16(22-18-20-10-11-27-18)15(12-6-2-1-3-7-12)23-17(25)13-8-4-5-9-14(13)21-19(23)26/h1-11,15H,(H,21,26)(H,20,22,24). The topological polar surface area (TPSA) is 96.8 Å². The second-order valence-corrected chi connectivity index (χ2v) is 6.69. The van der Waals surface area contributed by atoms with Crippen molar-refractivity contribution < 1.29 is 4.79 Å². The van der Waals surface area contributed by atoms with Crippen LogP contribution >= 0.6 is 11.3 Å². The van der Waals surface area contributed by atoms with Crippen molar-refractivity contribution in [2.24, 2.45) is 0 Å². The normalized spacial score (nSPS) is 12.0. The van der Waals surface area contributed by atoms with Crippen LogP contribution in [0.2, 0.25) is 0 Å². The smallest absolute Gasteiger partial charge is 0.307 e. The maximum atomic E-state index is 13.0. The molecule has 27 heavy (non-hydrogen) atoms. The Kier molecular flexibility index (Phi) is 4.39. The van der Waals surface area contributed by atoms with Gasteiger partial charge in [-0.25, -0.2) is 14.3 Å². The summed E-state index contributed by atoms with van der Waals surface area (Å²) in [5.41, 5.74) is -0.232. The fourth-order valence-electron chi connectivity index (χ4n) is 2.92. The van der Waals surface area contributed by atoms with Crippen molar-refractivity contribution in [2.75, 3.05) is 5.32 Å². The molecule has 1 amide bonds. The number of aromatic amines is 1. The van der Waals surface area contributed by atoms with Crippen LogP contribution in [-0.2, 0) is 4.79 Å². The quantitative estimate of drug-likeness (QED) is 0.570. The molecule has 0 saturated carbocycles. The van der Waals surface area contributed by atoms with E-state index in [0.29, 0.717) is 21.6 Å². The molecule has 4 rings (SSSR count). The predicted octanol–water partition coefficient (Wildman–Crippen LogP) is 2.37. The van der Waals surface area contributed by atoms with E-state index in [1.165, 1.54) is 11.3 Å². The number of benzene rings is 2. The molecule has 1 unspecified atom stereocenters. The highest BCUT2D eigenvalue weighted by molar-refractivity contribution is 7.13. The van der Waals surface area contributed by atoms with Crippen LogP contribution in [0.25, 0.3) is 10.9 Å². The van der Waals surface area contributed by atoms with Crippen molar-refractivity contribution in [3.8, 4) is 0 Å². The van der Waals surface area contributed by atoms with Gasteiger partial charge in [0, 0.05) is 11.6 Å². The van der Waals surface area contributed by atoms with Crippen LogP contribution in [0.4, 0.5) is 5.13 Å². The number of nitrogens with one attached hydrogen (secondary N) is 2. The van der Waals surface area contributed by atoms with Crippen LogP contribution in [0.15, 0.2) is 75.8 Å². The molecule has 2 aromatic carbocycles. The van der Waals surface area contributed by atoms with Gasteiger partial charge in [-0.2, -0.15) is 0 Å². The molecule has 2 heterocycles. The molecule has 1 atom stereocenters. The fraction of sp³-hybridized carbons (Fsp3) is 0.0526. The average Bonchev–Trinajstić information content (AvgIpc) is 3.18. The largest absolute Gasteiger partial charge is 0.329 e. The van der Waals surface area contributed by atoms with Crippen molar-refractivity contribution >= 4 is 33.3 Å². The number of H-pyrrole nitrogens is 1. The molecule has 2 N–H and O–H groups in total. The van der Waals surface area contributed by atoms with E-state index in [1.807, 2.05) is 0 Å². The maximum Gasteiger partial charge on any atom is 0.329 e. The van der Waals surface area contributed by atoms with Gasteiger partial charge in [-0.3, -0.25) is 14.9 Å². The summed E-state index contributed by atoms with van der Waals surface area (Å²) in [5, 5.41) is 5.13. The lowest BCUT2D eigenvalue weighted by Gasteiger charge is -2.18. The second-order valence-electron chi connectivity index (χ2n) is 5.79. The molecule has 0 aliphatic rings. The minimum absolute atomic E-state index is 0.333. The van der Waals surface area contributed by atoms with Crippen LogP contribution in [0.1, 0.15) is 11.6 Å². The Labute approximate surface area is 157 Å². The molecule has 8 heteroatoms. The van der Waals surface area contributed by atoms with Gasteiger partial charge in [-0.05, 0) is 17.7 Å². The van der Waals surface area contributed by atoms with E-state index < -0.39 is 23.2 Å². The number of thiazole rings is 1. The van der Waals surface area contributed by atoms with Crippen molar-refractivity contribution in [3.63, 3.8) is 0 Å². The zero-order valence-corrected chi connectivity index (χ0v) is 14.8. The number of anilines is 1. The molecule has 0 spiro atoms. The second kappa shape index (κ2) is 7.00. The number of para-hydroxylation sites is 1. The molecule has 7 nitrogen and oxygen atoms in total. The van der Waals surface area contributed by atoms with E-state index in [2.05, 4.69) is 15.3 Å². The van der Waals surface area contributed by atoms with E-state index in [-0.39, 0.29) is 0 Å². The number of amides is 1. The van der Waals surface area contributed by atoms with Gasteiger partial charge in [0.2, 0.25) is 0 Å². The molecule has 0 fully saturated rings. The number of aromatic nitrogens is 3. The zero-order valence-electron chi connectivity index (χ0n) is 14.0. The van der Waals surface area contributed by atoms with Crippen molar-refractivity contribution in [1.82, 2.24) is 14.5 Å². The van der Waals surface area contributed by atoms with Crippen molar-refractivity contribution in [3.05, 3.63) is 92.6 Å². The lowest BCUT2D eigenvalue weighted by Crippen LogP contribution is -2.43.